The van der Waals surface area contributed by atoms with Gasteiger partial charge in [0, 0.05) is 11.6 Å². The van der Waals surface area contributed by atoms with Gasteiger partial charge >= 0.3 is 5.97 Å². The fourth-order valence-electron chi connectivity index (χ4n) is 4.51. The maximum absolute atomic E-state index is 14.0. The number of nitrogens with zero attached hydrogens (tertiary/aromatic N) is 1. The average Bonchev–Trinajstić information content (AvgIpc) is 3.18. The molecule has 0 saturated carbocycles. The summed E-state index contributed by atoms with van der Waals surface area (Å²) in [4.78, 5) is 54.9. The molecular weight excluding hydrogens is 515 g/mol. The number of halogens is 1. The average molecular weight is 549 g/mol. The summed E-state index contributed by atoms with van der Waals surface area (Å²) in [5.41, 5.74) is -0.916. The second-order valence-electron chi connectivity index (χ2n) is 9.95. The fraction of sp³-hybridized carbons (Fsp3) is 0.481. The largest absolute Gasteiger partial charge is 0.496 e. The number of methoxy groups -OCH3 is 1. The van der Waals surface area contributed by atoms with Gasteiger partial charge < -0.3 is 19.9 Å². The first-order valence-corrected chi connectivity index (χ1v) is 13.1. The zero-order valence-electron chi connectivity index (χ0n) is 22.5. The lowest BCUT2D eigenvalue weighted by Crippen LogP contribution is -2.56. The molecule has 206 valence electrons. The van der Waals surface area contributed by atoms with Gasteiger partial charge in [-0.3, -0.25) is 19.3 Å². The van der Waals surface area contributed by atoms with Crippen LogP contribution in [0, 0.1) is 24.1 Å². The van der Waals surface area contributed by atoms with Crippen molar-refractivity contribution >= 4 is 39.9 Å². The molecule has 38 heavy (non-hydrogen) atoms. The van der Waals surface area contributed by atoms with Crippen molar-refractivity contribution in [2.24, 2.45) is 11.3 Å². The first-order chi connectivity index (χ1) is 17.8. The van der Waals surface area contributed by atoms with Gasteiger partial charge in [0.15, 0.2) is 5.78 Å². The summed E-state index contributed by atoms with van der Waals surface area (Å²) in [6, 6.07) is 3.41. The number of ether oxygens (including phenoxy) is 2. The Balaban J connectivity index is 2.16. The standard InChI is InChI=1S/C27H33FN2O7S/c1-8-37-25(34)22-14(4)19-21(32)20(27(5,6)26(35)29-13(2)3)23(33)30(24(19)38-22)12-17(31)16-11-15(28)9-10-18(16)36-7/h9-11,13,17,20,31H,8,12H2,1-7H3,(H,29,35)/t17-,20?/m0/s1. The molecule has 3 rings (SSSR count). The highest BCUT2D eigenvalue weighted by Gasteiger charge is 2.53. The van der Waals surface area contributed by atoms with Crippen LogP contribution in [-0.4, -0.2) is 55.0 Å². The molecule has 0 saturated heterocycles. The number of β-amino-alcohol motifs (C(OH)–C–C–N with tert-alkyl or cyclic N) is 1. The van der Waals surface area contributed by atoms with Crippen LogP contribution in [0.3, 0.4) is 0 Å². The topological polar surface area (TPSA) is 122 Å². The highest BCUT2D eigenvalue weighted by molar-refractivity contribution is 7.19. The first kappa shape index (κ1) is 29.2. The molecule has 2 heterocycles. The molecule has 0 aliphatic carbocycles. The third-order valence-electron chi connectivity index (χ3n) is 6.49. The van der Waals surface area contributed by atoms with Crippen molar-refractivity contribution in [2.45, 2.75) is 53.7 Å². The van der Waals surface area contributed by atoms with Crippen LogP contribution < -0.4 is 15.0 Å². The Bertz CT molecular complexity index is 1270. The predicted octanol–water partition coefficient (Wildman–Crippen LogP) is 3.81. The quantitative estimate of drug-likeness (QED) is 0.361. The maximum atomic E-state index is 14.0. The molecule has 11 heteroatoms. The number of nitrogens with one attached hydrogen (secondary N) is 1. The minimum Gasteiger partial charge on any atom is -0.496 e. The van der Waals surface area contributed by atoms with E-state index in [0.29, 0.717) is 5.56 Å². The Labute approximate surface area is 224 Å². The van der Waals surface area contributed by atoms with E-state index in [1.165, 1.54) is 38.0 Å². The van der Waals surface area contributed by atoms with Gasteiger partial charge in [-0.25, -0.2) is 9.18 Å². The summed E-state index contributed by atoms with van der Waals surface area (Å²) in [5.74, 6) is -4.27. The Morgan fingerprint density at radius 1 is 1.26 bits per heavy atom. The van der Waals surface area contributed by atoms with Crippen molar-refractivity contribution in [1.29, 1.82) is 0 Å². The maximum Gasteiger partial charge on any atom is 0.348 e. The Morgan fingerprint density at radius 3 is 2.50 bits per heavy atom. The predicted molar refractivity (Wildman–Crippen MR) is 140 cm³/mol. The molecule has 1 unspecified atom stereocenters. The molecular formula is C27H33FN2O7S. The molecule has 1 aromatic carbocycles. The number of rotatable bonds is 9. The number of aliphatic hydroxyl groups is 1. The number of esters is 1. The SMILES string of the molecule is CCOC(=O)c1sc2c(c1C)C(=O)C(C(C)(C)C(=O)NC(C)C)C(=O)N2C[C@H](O)c1cc(F)ccc1OC. The van der Waals surface area contributed by atoms with E-state index in [2.05, 4.69) is 5.32 Å². The van der Waals surface area contributed by atoms with Crippen LogP contribution in [0.2, 0.25) is 0 Å². The molecule has 0 fully saturated rings. The monoisotopic (exact) mass is 548 g/mol. The summed E-state index contributed by atoms with van der Waals surface area (Å²) in [6.45, 7) is 9.51. The van der Waals surface area contributed by atoms with Gasteiger partial charge in [0.1, 0.15) is 33.5 Å². The number of amides is 2. The van der Waals surface area contributed by atoms with E-state index < -0.39 is 46.8 Å². The van der Waals surface area contributed by atoms with E-state index in [1.54, 1.807) is 27.7 Å². The van der Waals surface area contributed by atoms with Crippen LogP contribution in [0.5, 0.6) is 5.75 Å². The molecule has 2 atom stereocenters. The molecule has 2 N–H and O–H groups in total. The number of carbonyl (C=O) groups is 4. The third-order valence-corrected chi connectivity index (χ3v) is 7.78. The van der Waals surface area contributed by atoms with E-state index in [4.69, 9.17) is 9.47 Å². The number of thiophene rings is 1. The van der Waals surface area contributed by atoms with Crippen LogP contribution in [0.1, 0.15) is 71.9 Å². The number of anilines is 1. The molecule has 1 aliphatic heterocycles. The second kappa shape index (κ2) is 11.2. The summed E-state index contributed by atoms with van der Waals surface area (Å²) in [7, 11) is 1.37. The van der Waals surface area contributed by atoms with Gasteiger partial charge in [-0.15, -0.1) is 11.3 Å². The number of fused-ring (bicyclic) bond motifs is 1. The number of carbonyl (C=O) groups excluding carboxylic acids is 4. The van der Waals surface area contributed by atoms with Crippen molar-refractivity contribution in [1.82, 2.24) is 5.32 Å². The molecule has 0 radical (unpaired) electrons. The molecule has 2 aromatic rings. The molecule has 0 spiro atoms. The summed E-state index contributed by atoms with van der Waals surface area (Å²) < 4.78 is 24.4. The molecule has 1 aliphatic rings. The zero-order valence-corrected chi connectivity index (χ0v) is 23.3. The van der Waals surface area contributed by atoms with Gasteiger partial charge in [0.05, 0.1) is 31.2 Å². The Morgan fingerprint density at radius 2 is 1.92 bits per heavy atom. The van der Waals surface area contributed by atoms with E-state index in [-0.39, 0.29) is 45.9 Å². The number of Topliss-reactive ketones (excluding diaryl/α,β-unsaturated/α-hetero) is 1. The van der Waals surface area contributed by atoms with Crippen molar-refractivity contribution in [3.63, 3.8) is 0 Å². The van der Waals surface area contributed by atoms with Crippen LogP contribution in [0.4, 0.5) is 9.39 Å². The van der Waals surface area contributed by atoms with Crippen LogP contribution in [0.15, 0.2) is 18.2 Å². The summed E-state index contributed by atoms with van der Waals surface area (Å²) in [5, 5.41) is 14.0. The minimum atomic E-state index is -1.46. The first-order valence-electron chi connectivity index (χ1n) is 12.2. The van der Waals surface area contributed by atoms with E-state index in [9.17, 15) is 28.7 Å². The lowest BCUT2D eigenvalue weighted by atomic mass is 9.71. The highest BCUT2D eigenvalue weighted by atomic mass is 32.1. The van der Waals surface area contributed by atoms with Crippen molar-refractivity contribution in [2.75, 3.05) is 25.2 Å². The summed E-state index contributed by atoms with van der Waals surface area (Å²) >= 11 is 0.900. The molecule has 1 aromatic heterocycles. The van der Waals surface area contributed by atoms with Gasteiger partial charge in [0.25, 0.3) is 0 Å². The Hall–Kier alpha value is -3.31. The molecule has 2 amide bonds. The number of hydrogen-bond donors (Lipinski definition) is 2. The number of benzene rings is 1. The number of aliphatic hydroxyl groups excluding tert-OH is 1. The van der Waals surface area contributed by atoms with Gasteiger partial charge in [-0.1, -0.05) is 0 Å². The number of ketones is 1. The van der Waals surface area contributed by atoms with Gasteiger partial charge in [0.2, 0.25) is 11.8 Å². The van der Waals surface area contributed by atoms with E-state index in [1.807, 2.05) is 0 Å². The van der Waals surface area contributed by atoms with Gasteiger partial charge in [-0.2, -0.15) is 0 Å². The van der Waals surface area contributed by atoms with Crippen LogP contribution >= 0.6 is 11.3 Å². The lowest BCUT2D eigenvalue weighted by molar-refractivity contribution is -0.138. The lowest BCUT2D eigenvalue weighted by Gasteiger charge is -2.39. The van der Waals surface area contributed by atoms with Crippen LogP contribution in [0.25, 0.3) is 0 Å². The second-order valence-corrected chi connectivity index (χ2v) is 11.0. The van der Waals surface area contributed by atoms with Crippen molar-refractivity contribution in [3.05, 3.63) is 45.6 Å². The Kier molecular flexibility index (Phi) is 8.62. The smallest absolute Gasteiger partial charge is 0.348 e. The molecule has 9 nitrogen and oxygen atoms in total. The van der Waals surface area contributed by atoms with E-state index in [0.717, 1.165) is 17.4 Å². The van der Waals surface area contributed by atoms with Crippen molar-refractivity contribution in [3.8, 4) is 5.75 Å². The minimum absolute atomic E-state index is 0.103. The van der Waals surface area contributed by atoms with Crippen molar-refractivity contribution < 1.29 is 38.1 Å². The summed E-state index contributed by atoms with van der Waals surface area (Å²) in [6.07, 6.45) is -1.41. The van der Waals surface area contributed by atoms with Crippen LogP contribution in [-0.2, 0) is 14.3 Å². The third kappa shape index (κ3) is 5.30. The fourth-order valence-corrected chi connectivity index (χ4v) is 5.73. The number of hydrogen-bond acceptors (Lipinski definition) is 8. The normalized spacial score (nSPS) is 16.4. The van der Waals surface area contributed by atoms with E-state index >= 15 is 0 Å². The highest BCUT2D eigenvalue weighted by Crippen LogP contribution is 2.46. The zero-order chi connectivity index (χ0) is 28.5. The molecule has 0 bridgehead atoms. The van der Waals surface area contributed by atoms with Gasteiger partial charge in [-0.05, 0) is 65.3 Å².